The first-order valence-electron chi connectivity index (χ1n) is 8.35. The van der Waals surface area contributed by atoms with Crippen LogP contribution in [0.15, 0.2) is 6.20 Å². The minimum atomic E-state index is -0.106. The molecule has 0 radical (unpaired) electrons. The molecule has 7 heteroatoms. The molecule has 0 saturated carbocycles. The highest BCUT2D eigenvalue weighted by molar-refractivity contribution is 5.95. The largest absolute Gasteiger partial charge is 0.379 e. The van der Waals surface area contributed by atoms with Gasteiger partial charge in [0.2, 0.25) is 5.95 Å². The lowest BCUT2D eigenvalue weighted by Gasteiger charge is -2.27. The lowest BCUT2D eigenvalue weighted by molar-refractivity contribution is 0.0623. The molecule has 0 aromatic carbocycles. The molecule has 0 aliphatic carbocycles. The van der Waals surface area contributed by atoms with Crippen LogP contribution < -0.4 is 10.2 Å². The highest BCUT2D eigenvalue weighted by Crippen LogP contribution is 2.15. The predicted molar refractivity (Wildman–Crippen MR) is 85.7 cm³/mol. The van der Waals surface area contributed by atoms with Gasteiger partial charge in [-0.05, 0) is 19.3 Å². The molecule has 7 nitrogen and oxygen atoms in total. The van der Waals surface area contributed by atoms with Gasteiger partial charge >= 0.3 is 0 Å². The van der Waals surface area contributed by atoms with Crippen molar-refractivity contribution < 1.29 is 14.3 Å². The molecule has 2 saturated heterocycles. The third-order valence-electron chi connectivity index (χ3n) is 4.22. The Morgan fingerprint density at radius 3 is 2.87 bits per heavy atom. The Balaban J connectivity index is 1.71. The summed E-state index contributed by atoms with van der Waals surface area (Å²) in [5.74, 6) is 0.577. The molecule has 3 heterocycles. The van der Waals surface area contributed by atoms with E-state index in [4.69, 9.17) is 9.47 Å². The van der Waals surface area contributed by atoms with Crippen LogP contribution in [0.4, 0.5) is 5.95 Å². The molecule has 23 heavy (non-hydrogen) atoms. The molecule has 3 rings (SSSR count). The average molecular weight is 320 g/mol. The van der Waals surface area contributed by atoms with Crippen molar-refractivity contribution >= 4 is 11.9 Å². The van der Waals surface area contributed by atoms with Crippen molar-refractivity contribution in [3.05, 3.63) is 17.5 Å². The number of ether oxygens (including phenoxy) is 2. The molecule has 0 bridgehead atoms. The molecule has 1 atom stereocenters. The van der Waals surface area contributed by atoms with E-state index in [9.17, 15) is 4.79 Å². The number of nitrogens with one attached hydrogen (secondary N) is 1. The van der Waals surface area contributed by atoms with Crippen LogP contribution >= 0.6 is 0 Å². The number of amides is 1. The fourth-order valence-electron chi connectivity index (χ4n) is 2.90. The number of aromatic nitrogens is 2. The minimum absolute atomic E-state index is 0.0832. The summed E-state index contributed by atoms with van der Waals surface area (Å²) in [4.78, 5) is 23.6. The zero-order chi connectivity index (χ0) is 16.1. The van der Waals surface area contributed by atoms with Crippen LogP contribution in [0.1, 0.15) is 35.8 Å². The van der Waals surface area contributed by atoms with Crippen LogP contribution in [0.25, 0.3) is 0 Å². The van der Waals surface area contributed by atoms with Gasteiger partial charge in [0.05, 0.1) is 37.1 Å². The minimum Gasteiger partial charge on any atom is -0.379 e. The maximum absolute atomic E-state index is 12.5. The first-order chi connectivity index (χ1) is 11.3. The summed E-state index contributed by atoms with van der Waals surface area (Å²) in [5.41, 5.74) is 1.35. The Kier molecular flexibility index (Phi) is 5.40. The zero-order valence-electron chi connectivity index (χ0n) is 13.6. The number of aryl methyl sites for hydroxylation is 1. The van der Waals surface area contributed by atoms with E-state index < -0.39 is 0 Å². The van der Waals surface area contributed by atoms with E-state index in [2.05, 4.69) is 20.2 Å². The van der Waals surface area contributed by atoms with E-state index in [0.717, 1.165) is 38.2 Å². The van der Waals surface area contributed by atoms with E-state index in [-0.39, 0.29) is 11.9 Å². The van der Waals surface area contributed by atoms with Crippen molar-refractivity contribution in [3.63, 3.8) is 0 Å². The van der Waals surface area contributed by atoms with Gasteiger partial charge in [0, 0.05) is 25.9 Å². The Hall–Kier alpha value is -1.73. The quantitative estimate of drug-likeness (QED) is 0.884. The summed E-state index contributed by atoms with van der Waals surface area (Å²) in [6.07, 6.45) is 4.29. The van der Waals surface area contributed by atoms with Crippen LogP contribution in [-0.2, 0) is 15.9 Å². The van der Waals surface area contributed by atoms with Crippen LogP contribution in [0.5, 0.6) is 0 Å². The van der Waals surface area contributed by atoms with Gasteiger partial charge in [-0.1, -0.05) is 6.92 Å². The molecule has 1 unspecified atom stereocenters. The summed E-state index contributed by atoms with van der Waals surface area (Å²) in [7, 11) is 0. The molecule has 2 aliphatic rings. The summed E-state index contributed by atoms with van der Waals surface area (Å²) >= 11 is 0. The first-order valence-corrected chi connectivity index (χ1v) is 8.35. The maximum atomic E-state index is 12.5. The van der Waals surface area contributed by atoms with Gasteiger partial charge in [-0.25, -0.2) is 9.97 Å². The number of rotatable bonds is 4. The van der Waals surface area contributed by atoms with Crippen LogP contribution in [0.3, 0.4) is 0 Å². The predicted octanol–water partition coefficient (Wildman–Crippen LogP) is 0.784. The number of hydrogen-bond acceptors (Lipinski definition) is 6. The van der Waals surface area contributed by atoms with Crippen molar-refractivity contribution in [2.75, 3.05) is 44.4 Å². The molecule has 2 fully saturated rings. The first kappa shape index (κ1) is 16.1. The zero-order valence-corrected chi connectivity index (χ0v) is 13.6. The Bertz CT molecular complexity index is 540. The van der Waals surface area contributed by atoms with Gasteiger partial charge in [0.1, 0.15) is 0 Å². The fourth-order valence-corrected chi connectivity index (χ4v) is 2.90. The second-order valence-electron chi connectivity index (χ2n) is 5.87. The summed E-state index contributed by atoms with van der Waals surface area (Å²) in [6, 6.07) is 0.0832. The molecular formula is C16H24N4O3. The van der Waals surface area contributed by atoms with Gasteiger partial charge < -0.3 is 19.7 Å². The molecule has 1 aromatic rings. The number of anilines is 1. The Morgan fingerprint density at radius 1 is 1.35 bits per heavy atom. The van der Waals surface area contributed by atoms with Gasteiger partial charge in [-0.3, -0.25) is 4.79 Å². The maximum Gasteiger partial charge on any atom is 0.255 e. The summed E-state index contributed by atoms with van der Waals surface area (Å²) in [5, 5.41) is 3.03. The number of hydrogen-bond donors (Lipinski definition) is 1. The molecular weight excluding hydrogens is 296 g/mol. The second kappa shape index (κ2) is 7.70. The van der Waals surface area contributed by atoms with Crippen molar-refractivity contribution in [3.8, 4) is 0 Å². The molecule has 1 aromatic heterocycles. The van der Waals surface area contributed by atoms with Gasteiger partial charge in [-0.15, -0.1) is 0 Å². The molecule has 126 valence electrons. The highest BCUT2D eigenvalue weighted by atomic mass is 16.5. The van der Waals surface area contributed by atoms with Crippen molar-refractivity contribution in [1.82, 2.24) is 15.3 Å². The Morgan fingerprint density at radius 2 is 2.17 bits per heavy atom. The number of carbonyl (C=O) groups is 1. The number of carbonyl (C=O) groups excluding carboxylic acids is 1. The smallest absolute Gasteiger partial charge is 0.255 e. The third kappa shape index (κ3) is 3.97. The molecule has 1 amide bonds. The lowest BCUT2D eigenvalue weighted by atomic mass is 10.1. The van der Waals surface area contributed by atoms with Crippen LogP contribution in [0, 0.1) is 0 Å². The van der Waals surface area contributed by atoms with Gasteiger partial charge in [-0.2, -0.15) is 0 Å². The van der Waals surface area contributed by atoms with E-state index in [0.29, 0.717) is 37.8 Å². The van der Waals surface area contributed by atoms with Gasteiger partial charge in [0.25, 0.3) is 5.91 Å². The van der Waals surface area contributed by atoms with Crippen molar-refractivity contribution in [1.29, 1.82) is 0 Å². The summed E-state index contributed by atoms with van der Waals surface area (Å²) < 4.78 is 10.8. The normalized spacial score (nSPS) is 22.0. The lowest BCUT2D eigenvalue weighted by Crippen LogP contribution is -2.41. The highest BCUT2D eigenvalue weighted by Gasteiger charge is 2.21. The van der Waals surface area contributed by atoms with Crippen molar-refractivity contribution in [2.24, 2.45) is 0 Å². The fraction of sp³-hybridized carbons (Fsp3) is 0.688. The number of morpholine rings is 1. The number of nitrogens with zero attached hydrogens (tertiary/aromatic N) is 3. The van der Waals surface area contributed by atoms with E-state index in [1.807, 2.05) is 6.92 Å². The van der Waals surface area contributed by atoms with Crippen molar-refractivity contribution in [2.45, 2.75) is 32.2 Å². The second-order valence-corrected chi connectivity index (χ2v) is 5.87. The van der Waals surface area contributed by atoms with E-state index in [1.54, 1.807) is 6.20 Å². The van der Waals surface area contributed by atoms with Crippen LogP contribution in [0.2, 0.25) is 0 Å². The summed E-state index contributed by atoms with van der Waals surface area (Å²) in [6.45, 7) is 6.32. The van der Waals surface area contributed by atoms with E-state index >= 15 is 0 Å². The molecule has 2 aliphatic heterocycles. The van der Waals surface area contributed by atoms with Crippen LogP contribution in [-0.4, -0.2) is 61.4 Å². The standard InChI is InChI=1S/C16H24N4O3/c1-2-14-13(15(21)18-12-4-3-7-23-11-12)10-17-16(19-14)20-5-8-22-9-6-20/h10,12H,2-9,11H2,1H3,(H,18,21). The third-order valence-corrected chi connectivity index (χ3v) is 4.22. The molecule has 0 spiro atoms. The van der Waals surface area contributed by atoms with Gasteiger partial charge in [0.15, 0.2) is 0 Å². The molecule has 1 N–H and O–H groups in total. The van der Waals surface area contributed by atoms with E-state index in [1.165, 1.54) is 0 Å². The SMILES string of the molecule is CCc1nc(N2CCOCC2)ncc1C(=O)NC1CCCOC1. The topological polar surface area (TPSA) is 76.6 Å². The average Bonchev–Trinajstić information content (AvgIpc) is 2.62. The monoisotopic (exact) mass is 320 g/mol. The Labute approximate surface area is 136 Å².